The first-order valence-electron chi connectivity index (χ1n) is 22.0. The first-order chi connectivity index (χ1) is 36.9. The molecule has 0 amide bonds. The molecular formula is C51H27BF24N2O3. The average molecular weight is 1180 g/mol. The second-order valence-electron chi connectivity index (χ2n) is 17.5. The van der Waals surface area contributed by atoms with E-state index in [-0.39, 0.29) is 17.9 Å². The second kappa shape index (κ2) is 21.8. The van der Waals surface area contributed by atoms with Crippen molar-refractivity contribution in [1.29, 1.82) is 0 Å². The van der Waals surface area contributed by atoms with Gasteiger partial charge in [-0.2, -0.15) is 132 Å². The summed E-state index contributed by atoms with van der Waals surface area (Å²) in [7, 11) is 0. The number of halogens is 24. The van der Waals surface area contributed by atoms with Gasteiger partial charge in [0, 0.05) is 11.1 Å². The molecule has 1 N–H and O–H groups in total. The summed E-state index contributed by atoms with van der Waals surface area (Å²) in [5.41, 5.74) is -28.1. The minimum atomic E-state index is -6.13. The van der Waals surface area contributed by atoms with E-state index < -0.39 is 201 Å². The Hall–Kier alpha value is -8.08. The van der Waals surface area contributed by atoms with Crippen molar-refractivity contribution in [2.45, 2.75) is 56.0 Å². The minimum absolute atomic E-state index is 0.00274. The summed E-state index contributed by atoms with van der Waals surface area (Å²) in [6.07, 6.45) is -49.8. The molecule has 0 saturated heterocycles. The molecule has 0 spiro atoms. The van der Waals surface area contributed by atoms with Crippen molar-refractivity contribution in [2.24, 2.45) is 0 Å². The van der Waals surface area contributed by atoms with Crippen LogP contribution in [0.2, 0.25) is 0 Å². The van der Waals surface area contributed by atoms with Gasteiger partial charge in [0.1, 0.15) is 11.8 Å². The average Bonchev–Trinajstić information content (AvgIpc) is 3.36. The third-order valence-corrected chi connectivity index (χ3v) is 12.0. The zero-order valence-electron chi connectivity index (χ0n) is 39.4. The number of hydrogen-bond acceptors (Lipinski definition) is 3. The number of benzene rings is 6. The number of carboxylic acids is 1. The van der Waals surface area contributed by atoms with E-state index in [1.54, 1.807) is 53.5 Å². The normalized spacial score (nSPS) is 13.1. The molecule has 81 heavy (non-hydrogen) atoms. The van der Waals surface area contributed by atoms with Crippen molar-refractivity contribution < 1.29 is 125 Å². The Kier molecular flexibility index (Phi) is 16.7. The van der Waals surface area contributed by atoms with Crippen molar-refractivity contribution in [3.63, 3.8) is 0 Å². The molecule has 5 nitrogen and oxygen atoms in total. The molecule has 430 valence electrons. The third-order valence-electron chi connectivity index (χ3n) is 12.0. The minimum Gasteiger partial charge on any atom is -0.478 e. The molecular weight excluding hydrogens is 1160 g/mol. The van der Waals surface area contributed by atoms with Gasteiger partial charge < -0.3 is 5.11 Å². The third kappa shape index (κ3) is 14.5. The van der Waals surface area contributed by atoms with Crippen LogP contribution < -0.4 is 26.4 Å². The quantitative estimate of drug-likeness (QED) is 0.0677. The summed E-state index contributed by atoms with van der Waals surface area (Å²) in [4.78, 5) is 27.6. The molecule has 7 aromatic rings. The van der Waals surface area contributed by atoms with Gasteiger partial charge in [-0.1, -0.05) is 91.0 Å². The van der Waals surface area contributed by atoms with Crippen LogP contribution in [0.3, 0.4) is 0 Å². The maximum Gasteiger partial charge on any atom is 0.416 e. The van der Waals surface area contributed by atoms with Gasteiger partial charge in [-0.05, 0) is 36.4 Å². The monoisotopic (exact) mass is 1180 g/mol. The van der Waals surface area contributed by atoms with Gasteiger partial charge in [-0.15, -0.1) is 0 Å². The molecule has 30 heteroatoms. The van der Waals surface area contributed by atoms with Crippen LogP contribution in [-0.2, 0) is 56.0 Å². The fourth-order valence-corrected chi connectivity index (χ4v) is 8.44. The molecule has 0 radical (unpaired) electrons. The van der Waals surface area contributed by atoms with Crippen molar-refractivity contribution >= 4 is 39.7 Å². The summed E-state index contributed by atoms with van der Waals surface area (Å²) >= 11 is 0. The number of alkyl halides is 24. The first kappa shape index (κ1) is 62.1. The second-order valence-corrected chi connectivity index (χ2v) is 17.5. The number of Topliss-reactive ketones (excluding diaryl/α,β-unsaturated/α-hetero) is 1. The number of rotatable bonds is 9. The van der Waals surface area contributed by atoms with Gasteiger partial charge in [-0.25, -0.2) is 9.78 Å². The summed E-state index contributed by atoms with van der Waals surface area (Å²) < 4.78 is 343. The van der Waals surface area contributed by atoms with Gasteiger partial charge in [0.2, 0.25) is 12.3 Å². The fraction of sp³-hybridized carbons (Fsp3) is 0.176. The Labute approximate surface area is 437 Å². The number of carbonyl (C=O) groups is 2. The molecule has 0 fully saturated rings. The van der Waals surface area contributed by atoms with E-state index in [1.165, 1.54) is 6.07 Å². The van der Waals surface area contributed by atoms with E-state index in [0.717, 1.165) is 0 Å². The molecule has 0 aliphatic rings. The lowest BCUT2D eigenvalue weighted by Crippen LogP contribution is -2.75. The van der Waals surface area contributed by atoms with Crippen LogP contribution in [0.4, 0.5) is 105 Å². The van der Waals surface area contributed by atoms with Crippen LogP contribution in [0.25, 0.3) is 11.3 Å². The van der Waals surface area contributed by atoms with E-state index in [4.69, 9.17) is 5.11 Å². The van der Waals surface area contributed by atoms with Crippen LogP contribution >= 0.6 is 0 Å². The Morgan fingerprint density at radius 3 is 0.975 bits per heavy atom. The van der Waals surface area contributed by atoms with E-state index in [2.05, 4.69) is 4.98 Å². The number of aromatic carboxylic acids is 1. The lowest BCUT2D eigenvalue weighted by molar-refractivity contribution is -0.683. The van der Waals surface area contributed by atoms with Crippen LogP contribution in [0.5, 0.6) is 0 Å². The Morgan fingerprint density at radius 2 is 0.691 bits per heavy atom. The zero-order valence-corrected chi connectivity index (χ0v) is 39.4. The van der Waals surface area contributed by atoms with Crippen molar-refractivity contribution in [3.05, 3.63) is 202 Å². The molecule has 6 aromatic carbocycles. The van der Waals surface area contributed by atoms with E-state index >= 15 is 0 Å². The predicted octanol–water partition coefficient (Wildman–Crippen LogP) is 13.8. The highest BCUT2D eigenvalue weighted by atomic mass is 19.4. The molecule has 0 unspecified atom stereocenters. The van der Waals surface area contributed by atoms with Gasteiger partial charge in [0.05, 0.1) is 56.3 Å². The maximum absolute atomic E-state index is 14.2. The highest BCUT2D eigenvalue weighted by Crippen LogP contribution is 2.41. The lowest BCUT2D eigenvalue weighted by Gasteiger charge is -2.46. The summed E-state index contributed by atoms with van der Waals surface area (Å²) in [6.45, 7) is 0.193. The highest BCUT2D eigenvalue weighted by Gasteiger charge is 2.47. The van der Waals surface area contributed by atoms with Crippen molar-refractivity contribution in [2.75, 3.05) is 0 Å². The van der Waals surface area contributed by atoms with Crippen LogP contribution in [0.1, 0.15) is 65.2 Å². The van der Waals surface area contributed by atoms with Gasteiger partial charge in [-0.3, -0.25) is 4.79 Å². The molecule has 1 aromatic heterocycles. The SMILES string of the molecule is FC(F)(F)c1cc([B-](c2cc(C(F)(F)F)cc(C(F)(F)F)c2)(c2cc(C(F)(F)F)cc(C(F)(F)F)c2)c2cc(C(F)(F)F)cc(C(F)(F)F)c2)cc(C(F)(F)F)c1.O=C(O)c1cccc(-c2c[n+](CC(=O)c3ccccc3)ccn2)c1. The number of ketones is 1. The molecule has 0 bridgehead atoms. The number of carbonyl (C=O) groups excluding carboxylic acids is 1. The molecule has 0 atom stereocenters. The summed E-state index contributed by atoms with van der Waals surface area (Å²) in [6, 6.07) is 6.82. The lowest BCUT2D eigenvalue weighted by atomic mass is 9.12. The number of carboxylic acid groups (broad SMARTS) is 1. The largest absolute Gasteiger partial charge is 0.478 e. The number of aromatic nitrogens is 2. The molecule has 0 aliphatic heterocycles. The van der Waals surface area contributed by atoms with Crippen molar-refractivity contribution in [1.82, 2.24) is 4.98 Å². The van der Waals surface area contributed by atoms with E-state index in [1.807, 2.05) is 18.2 Å². The summed E-state index contributed by atoms with van der Waals surface area (Å²) in [5, 5.41) is 9.09. The standard InChI is InChI=1S/C32H12BF24.C19H14N2O3/c34-25(35,36)13-1-14(26(37,38)39)6-21(5-13)33(22-7-15(27(40,41)42)2-16(8-22)28(43,44)45,23-9-17(29(46,47)48)3-18(10-23)30(49,50)51)24-11-19(31(52,53)54)4-20(12-24)32(55,56)57;22-18(14-5-2-1-3-6-14)13-21-10-9-20-17(12-21)15-7-4-8-16(11-15)19(23)24/h1-12H;1-12H,13H2/q-1;/p+1. The maximum atomic E-state index is 14.2. The summed E-state index contributed by atoms with van der Waals surface area (Å²) in [5.74, 6) is -0.989. The topological polar surface area (TPSA) is 71.1 Å². The predicted molar refractivity (Wildman–Crippen MR) is 238 cm³/mol. The van der Waals surface area contributed by atoms with Gasteiger partial charge in [0.25, 0.3) is 0 Å². The fourth-order valence-electron chi connectivity index (χ4n) is 8.44. The van der Waals surface area contributed by atoms with Crippen molar-refractivity contribution in [3.8, 4) is 11.3 Å². The first-order valence-corrected chi connectivity index (χ1v) is 22.0. The number of hydrogen-bond donors (Lipinski definition) is 1. The van der Waals surface area contributed by atoms with E-state index in [9.17, 15) is 115 Å². The van der Waals surface area contributed by atoms with Crippen LogP contribution in [0, 0.1) is 0 Å². The van der Waals surface area contributed by atoms with Crippen LogP contribution in [-0.4, -0.2) is 28.0 Å². The van der Waals surface area contributed by atoms with E-state index in [0.29, 0.717) is 16.8 Å². The zero-order chi connectivity index (χ0) is 60.9. The van der Waals surface area contributed by atoms with Crippen LogP contribution in [0.15, 0.2) is 146 Å². The Bertz CT molecular complexity index is 3030. The molecule has 0 aliphatic carbocycles. The van der Waals surface area contributed by atoms with Gasteiger partial charge in [0.15, 0.2) is 12.4 Å². The number of nitrogens with zero attached hydrogens (tertiary/aromatic N) is 2. The Morgan fingerprint density at radius 1 is 0.395 bits per heavy atom. The van der Waals surface area contributed by atoms with Gasteiger partial charge >= 0.3 is 55.4 Å². The molecule has 1 heterocycles. The smallest absolute Gasteiger partial charge is 0.416 e. The Balaban J connectivity index is 0.000000363. The molecule has 0 saturated carbocycles. The molecule has 7 rings (SSSR count). The highest BCUT2D eigenvalue weighted by molar-refractivity contribution is 7.20.